The van der Waals surface area contributed by atoms with Crippen molar-refractivity contribution in [2.45, 2.75) is 36.4 Å². The molecule has 0 saturated heterocycles. The Kier molecular flexibility index (Phi) is 7.83. The number of benzene rings is 1. The highest BCUT2D eigenvalue weighted by molar-refractivity contribution is 9.10. The van der Waals surface area contributed by atoms with Gasteiger partial charge in [0, 0.05) is 4.47 Å². The lowest BCUT2D eigenvalue weighted by Crippen LogP contribution is -2.22. The molecule has 0 unspecified atom stereocenters. The van der Waals surface area contributed by atoms with Crippen LogP contribution >= 0.6 is 50.7 Å². The molecule has 21 heavy (non-hydrogen) atoms. The predicted octanol–water partition coefficient (Wildman–Crippen LogP) is 5.88. The predicted molar refractivity (Wildman–Crippen MR) is 92.2 cm³/mol. The first-order chi connectivity index (χ1) is 9.69. The molecule has 6 heteroatoms. The summed E-state index contributed by atoms with van der Waals surface area (Å²) in [6, 6.07) is 7.62. The van der Waals surface area contributed by atoms with Crippen LogP contribution < -0.4 is 0 Å². The Morgan fingerprint density at radius 2 is 1.76 bits per heavy atom. The number of rotatable bonds is 6. The van der Waals surface area contributed by atoms with Crippen LogP contribution in [0.2, 0.25) is 0 Å². The zero-order valence-electron chi connectivity index (χ0n) is 11.9. The van der Waals surface area contributed by atoms with E-state index >= 15 is 0 Å². The van der Waals surface area contributed by atoms with Gasteiger partial charge in [-0.05, 0) is 36.5 Å². The summed E-state index contributed by atoms with van der Waals surface area (Å²) in [6.07, 6.45) is 1.63. The summed E-state index contributed by atoms with van der Waals surface area (Å²) in [4.78, 5) is 12.3. The first kappa shape index (κ1) is 19.1. The molecule has 0 aliphatic rings. The largest absolute Gasteiger partial charge is 0.461 e. The molecule has 0 bridgehead atoms. The Balaban J connectivity index is 2.81. The number of hydrogen-bond donors (Lipinski definition) is 0. The molecule has 0 amide bonds. The molecule has 0 fully saturated rings. The topological polar surface area (TPSA) is 26.3 Å². The summed E-state index contributed by atoms with van der Waals surface area (Å²) in [5, 5.41) is 0. The Hall–Kier alpha value is 0.0400. The van der Waals surface area contributed by atoms with E-state index in [4.69, 9.17) is 39.5 Å². The van der Waals surface area contributed by atoms with E-state index in [1.807, 2.05) is 24.3 Å². The molecule has 0 spiro atoms. The second-order valence-electron chi connectivity index (χ2n) is 5.30. The average Bonchev–Trinajstić information content (AvgIpc) is 2.37. The van der Waals surface area contributed by atoms with E-state index < -0.39 is 3.79 Å². The first-order valence-electron chi connectivity index (χ1n) is 6.68. The summed E-state index contributed by atoms with van der Waals surface area (Å²) in [5.41, 5.74) is 0.910. The lowest BCUT2D eigenvalue weighted by atomic mass is 9.91. The summed E-state index contributed by atoms with van der Waals surface area (Å²) in [5.74, 6) is -0.193. The summed E-state index contributed by atoms with van der Waals surface area (Å²) in [7, 11) is 0. The maximum absolute atomic E-state index is 12.3. The minimum Gasteiger partial charge on any atom is -0.461 e. The molecule has 1 atom stereocenters. The average molecular weight is 417 g/mol. The van der Waals surface area contributed by atoms with Gasteiger partial charge in [-0.15, -0.1) is 0 Å². The third kappa shape index (κ3) is 7.73. The Bertz CT molecular complexity index is 455. The van der Waals surface area contributed by atoms with Crippen LogP contribution in [0, 0.1) is 5.92 Å². The number of alkyl halides is 3. The normalized spacial score (nSPS) is 13.3. The summed E-state index contributed by atoms with van der Waals surface area (Å²) in [6.45, 7) is 3.99. The molecule has 1 rings (SSSR count). The first-order valence-corrected chi connectivity index (χ1v) is 8.60. The van der Waals surface area contributed by atoms with Crippen molar-refractivity contribution in [2.24, 2.45) is 5.92 Å². The van der Waals surface area contributed by atoms with Crippen molar-refractivity contribution in [3.05, 3.63) is 34.3 Å². The van der Waals surface area contributed by atoms with Gasteiger partial charge < -0.3 is 4.74 Å². The lowest BCUT2D eigenvalue weighted by molar-refractivity contribution is -0.145. The maximum Gasteiger partial charge on any atom is 0.313 e. The van der Waals surface area contributed by atoms with Gasteiger partial charge in [0.2, 0.25) is 3.79 Å². The van der Waals surface area contributed by atoms with E-state index in [1.54, 1.807) is 0 Å². The Morgan fingerprint density at radius 3 is 2.24 bits per heavy atom. The minimum atomic E-state index is -1.59. The van der Waals surface area contributed by atoms with Crippen LogP contribution in [0.15, 0.2) is 28.7 Å². The van der Waals surface area contributed by atoms with E-state index in [9.17, 15) is 4.79 Å². The number of hydrogen-bond acceptors (Lipinski definition) is 2. The van der Waals surface area contributed by atoms with Gasteiger partial charge in [0.15, 0.2) is 0 Å². The molecule has 1 aromatic rings. The number of ether oxygens (including phenoxy) is 1. The van der Waals surface area contributed by atoms with Gasteiger partial charge >= 0.3 is 5.97 Å². The number of halogens is 4. The lowest BCUT2D eigenvalue weighted by Gasteiger charge is -2.19. The highest BCUT2D eigenvalue weighted by atomic mass is 79.9. The second kappa shape index (κ2) is 8.61. The third-order valence-electron chi connectivity index (χ3n) is 2.97. The SMILES string of the molecule is CC(C)CC[C@H](C(=O)OCC(Cl)(Cl)Cl)c1ccc(Br)cc1. The zero-order chi connectivity index (χ0) is 16.0. The van der Waals surface area contributed by atoms with Crippen LogP contribution in [0.3, 0.4) is 0 Å². The molecule has 118 valence electrons. The molecule has 0 aliphatic carbocycles. The molecule has 0 aromatic heterocycles. The standard InChI is InChI=1S/C15H18BrCl3O2/c1-10(2)3-8-13(11-4-6-12(16)7-5-11)14(20)21-9-15(17,18)19/h4-7,10,13H,3,8-9H2,1-2H3/t13-/m0/s1. The summed E-state index contributed by atoms with van der Waals surface area (Å²) >= 11 is 20.3. The minimum absolute atomic E-state index is 0.245. The highest BCUT2D eigenvalue weighted by Crippen LogP contribution is 2.29. The van der Waals surface area contributed by atoms with E-state index in [-0.39, 0.29) is 18.5 Å². The zero-order valence-corrected chi connectivity index (χ0v) is 15.8. The van der Waals surface area contributed by atoms with Crippen molar-refractivity contribution in [3.8, 4) is 0 Å². The third-order valence-corrected chi connectivity index (χ3v) is 3.82. The fourth-order valence-corrected chi connectivity index (χ4v) is 2.30. The van der Waals surface area contributed by atoms with Crippen LogP contribution in [0.25, 0.3) is 0 Å². The molecule has 0 heterocycles. The number of carbonyl (C=O) groups excluding carboxylic acids is 1. The van der Waals surface area contributed by atoms with E-state index in [1.165, 1.54) is 0 Å². The van der Waals surface area contributed by atoms with Crippen LogP contribution in [0.1, 0.15) is 38.2 Å². The van der Waals surface area contributed by atoms with E-state index in [0.717, 1.165) is 16.5 Å². The molecular formula is C15H18BrCl3O2. The van der Waals surface area contributed by atoms with Crippen molar-refractivity contribution in [1.29, 1.82) is 0 Å². The molecule has 2 nitrogen and oxygen atoms in total. The van der Waals surface area contributed by atoms with Crippen LogP contribution in [-0.2, 0) is 9.53 Å². The fraction of sp³-hybridized carbons (Fsp3) is 0.533. The monoisotopic (exact) mass is 414 g/mol. The smallest absolute Gasteiger partial charge is 0.313 e. The van der Waals surface area contributed by atoms with E-state index in [2.05, 4.69) is 29.8 Å². The van der Waals surface area contributed by atoms with Gasteiger partial charge in [0.05, 0.1) is 5.92 Å². The molecule has 0 N–H and O–H groups in total. The van der Waals surface area contributed by atoms with Crippen LogP contribution in [0.4, 0.5) is 0 Å². The molecular weight excluding hydrogens is 398 g/mol. The molecule has 1 aromatic carbocycles. The Labute approximate surface area is 149 Å². The highest BCUT2D eigenvalue weighted by Gasteiger charge is 2.27. The molecule has 0 radical (unpaired) electrons. The van der Waals surface area contributed by atoms with Gasteiger partial charge in [-0.1, -0.05) is 76.7 Å². The number of carbonyl (C=O) groups is 1. The van der Waals surface area contributed by atoms with Crippen LogP contribution in [-0.4, -0.2) is 16.4 Å². The number of esters is 1. The van der Waals surface area contributed by atoms with Crippen molar-refractivity contribution in [1.82, 2.24) is 0 Å². The van der Waals surface area contributed by atoms with Gasteiger partial charge in [-0.3, -0.25) is 4.79 Å². The second-order valence-corrected chi connectivity index (χ2v) is 8.73. The van der Waals surface area contributed by atoms with Gasteiger partial charge in [-0.2, -0.15) is 0 Å². The van der Waals surface area contributed by atoms with Crippen molar-refractivity contribution >= 4 is 56.7 Å². The van der Waals surface area contributed by atoms with E-state index in [0.29, 0.717) is 12.3 Å². The van der Waals surface area contributed by atoms with Gasteiger partial charge in [-0.25, -0.2) is 0 Å². The van der Waals surface area contributed by atoms with Crippen molar-refractivity contribution < 1.29 is 9.53 Å². The quantitative estimate of drug-likeness (QED) is 0.427. The molecule has 0 saturated carbocycles. The van der Waals surface area contributed by atoms with Crippen molar-refractivity contribution in [2.75, 3.05) is 6.61 Å². The fourth-order valence-electron chi connectivity index (χ4n) is 1.87. The molecule has 0 aliphatic heterocycles. The maximum atomic E-state index is 12.3. The van der Waals surface area contributed by atoms with Crippen LogP contribution in [0.5, 0.6) is 0 Å². The van der Waals surface area contributed by atoms with Gasteiger partial charge in [0.25, 0.3) is 0 Å². The Morgan fingerprint density at radius 1 is 1.19 bits per heavy atom. The summed E-state index contributed by atoms with van der Waals surface area (Å²) < 4.78 is 4.52. The van der Waals surface area contributed by atoms with Gasteiger partial charge in [0.1, 0.15) is 6.61 Å². The van der Waals surface area contributed by atoms with Crippen molar-refractivity contribution in [3.63, 3.8) is 0 Å².